The van der Waals surface area contributed by atoms with E-state index in [-0.39, 0.29) is 11.7 Å². The molecule has 0 saturated heterocycles. The molecule has 8 nitrogen and oxygen atoms in total. The standard InChI is InChI=1S/C24H24FN5O3/c1-14-28-19-8-7-18(11-20(19)33-14)29-24-27-12-15(13-30(24)3)5-6-16-9-17(23(31)26-2)10-21(32-4)22(16)25/h7-13H,5-6H2,1-4H3,(H,26,31)/p+1. The maximum atomic E-state index is 14.7. The lowest BCUT2D eigenvalue weighted by molar-refractivity contribution is -0.659. The molecule has 33 heavy (non-hydrogen) atoms. The SMILES string of the molecule is CNC(=O)c1cc(CCc2cnc(Nc3ccc4nc(C)oc4c3)[n+](C)c2)c(F)c(OC)c1. The van der Waals surface area contributed by atoms with Gasteiger partial charge in [0.05, 0.1) is 20.4 Å². The van der Waals surface area contributed by atoms with Gasteiger partial charge < -0.3 is 14.5 Å². The first-order valence-corrected chi connectivity index (χ1v) is 10.4. The molecule has 0 aliphatic rings. The molecular formula is C24H25FN5O3+. The summed E-state index contributed by atoms with van der Waals surface area (Å²) in [6.07, 6.45) is 4.62. The van der Waals surface area contributed by atoms with Crippen LogP contribution in [0.15, 0.2) is 47.1 Å². The van der Waals surface area contributed by atoms with Crippen molar-refractivity contribution in [3.63, 3.8) is 0 Å². The zero-order valence-corrected chi connectivity index (χ0v) is 18.9. The van der Waals surface area contributed by atoms with Crippen molar-refractivity contribution in [3.05, 3.63) is 71.1 Å². The lowest BCUT2D eigenvalue weighted by atomic mass is 10.0. The van der Waals surface area contributed by atoms with E-state index in [9.17, 15) is 9.18 Å². The van der Waals surface area contributed by atoms with E-state index in [0.29, 0.717) is 41.4 Å². The van der Waals surface area contributed by atoms with Gasteiger partial charge in [-0.25, -0.2) is 19.3 Å². The fourth-order valence-electron chi connectivity index (χ4n) is 3.62. The van der Waals surface area contributed by atoms with Crippen molar-refractivity contribution in [2.45, 2.75) is 19.8 Å². The third-order valence-electron chi connectivity index (χ3n) is 5.30. The van der Waals surface area contributed by atoms with E-state index in [2.05, 4.69) is 20.6 Å². The average Bonchev–Trinajstić information content (AvgIpc) is 3.18. The topological polar surface area (TPSA) is 93.2 Å². The molecule has 2 heterocycles. The smallest absolute Gasteiger partial charge is 0.396 e. The van der Waals surface area contributed by atoms with E-state index in [1.54, 1.807) is 12.3 Å². The molecule has 2 aromatic heterocycles. The van der Waals surface area contributed by atoms with Crippen molar-refractivity contribution in [1.29, 1.82) is 0 Å². The molecule has 0 radical (unpaired) electrons. The Morgan fingerprint density at radius 1 is 1.24 bits per heavy atom. The zero-order chi connectivity index (χ0) is 23.5. The molecule has 4 rings (SSSR count). The van der Waals surface area contributed by atoms with Crippen molar-refractivity contribution in [2.75, 3.05) is 19.5 Å². The number of nitrogens with one attached hydrogen (secondary N) is 2. The molecule has 0 atom stereocenters. The number of methoxy groups -OCH3 is 1. The summed E-state index contributed by atoms with van der Waals surface area (Å²) in [7, 11) is 4.79. The van der Waals surface area contributed by atoms with E-state index in [0.717, 1.165) is 16.8 Å². The summed E-state index contributed by atoms with van der Waals surface area (Å²) < 4.78 is 27.3. The number of aromatic nitrogens is 3. The minimum absolute atomic E-state index is 0.0493. The summed E-state index contributed by atoms with van der Waals surface area (Å²) in [4.78, 5) is 20.8. The Morgan fingerprint density at radius 2 is 2.06 bits per heavy atom. The Kier molecular flexibility index (Phi) is 6.21. The number of carbonyl (C=O) groups is 1. The zero-order valence-electron chi connectivity index (χ0n) is 18.9. The summed E-state index contributed by atoms with van der Waals surface area (Å²) in [5, 5.41) is 5.82. The van der Waals surface area contributed by atoms with Crippen molar-refractivity contribution in [3.8, 4) is 5.75 Å². The van der Waals surface area contributed by atoms with Gasteiger partial charge in [0.15, 0.2) is 23.0 Å². The molecule has 9 heteroatoms. The van der Waals surface area contributed by atoms with Gasteiger partial charge in [0.25, 0.3) is 5.91 Å². The number of ether oxygens (including phenoxy) is 1. The summed E-state index contributed by atoms with van der Waals surface area (Å²) >= 11 is 0. The van der Waals surface area contributed by atoms with Crippen LogP contribution >= 0.6 is 0 Å². The van der Waals surface area contributed by atoms with Crippen molar-refractivity contribution < 1.29 is 22.9 Å². The van der Waals surface area contributed by atoms with Crippen LogP contribution in [0.4, 0.5) is 16.0 Å². The molecule has 0 fully saturated rings. The number of hydrogen-bond donors (Lipinski definition) is 2. The highest BCUT2D eigenvalue weighted by Gasteiger charge is 2.17. The van der Waals surface area contributed by atoms with Gasteiger partial charge in [-0.2, -0.15) is 0 Å². The molecular weight excluding hydrogens is 425 g/mol. The minimum atomic E-state index is -0.459. The molecule has 0 unspecified atom stereocenters. The number of nitrogens with zero attached hydrogens (tertiary/aromatic N) is 3. The maximum absolute atomic E-state index is 14.7. The van der Waals surface area contributed by atoms with Crippen LogP contribution in [0.5, 0.6) is 5.75 Å². The minimum Gasteiger partial charge on any atom is -0.494 e. The number of benzene rings is 2. The van der Waals surface area contributed by atoms with E-state index in [4.69, 9.17) is 9.15 Å². The van der Waals surface area contributed by atoms with Crippen LogP contribution in [-0.4, -0.2) is 30.0 Å². The molecule has 0 aliphatic carbocycles. The van der Waals surface area contributed by atoms with Gasteiger partial charge in [-0.1, -0.05) is 4.98 Å². The second-order valence-corrected chi connectivity index (χ2v) is 7.67. The number of rotatable bonds is 7. The lowest BCUT2D eigenvalue weighted by Crippen LogP contribution is -2.33. The van der Waals surface area contributed by atoms with Crippen LogP contribution < -0.4 is 19.9 Å². The number of oxazole rings is 1. The van der Waals surface area contributed by atoms with Crippen molar-refractivity contribution in [1.82, 2.24) is 15.3 Å². The number of carbonyl (C=O) groups excluding carboxylic acids is 1. The Balaban J connectivity index is 1.50. The van der Waals surface area contributed by atoms with E-state index in [1.165, 1.54) is 20.2 Å². The highest BCUT2D eigenvalue weighted by molar-refractivity contribution is 5.94. The van der Waals surface area contributed by atoms with Gasteiger partial charge in [0.1, 0.15) is 17.4 Å². The molecule has 1 amide bonds. The van der Waals surface area contributed by atoms with Crippen LogP contribution in [0.1, 0.15) is 27.4 Å². The lowest BCUT2D eigenvalue weighted by Gasteiger charge is -2.11. The predicted molar refractivity (Wildman–Crippen MR) is 121 cm³/mol. The molecule has 170 valence electrons. The van der Waals surface area contributed by atoms with Gasteiger partial charge in [-0.15, -0.1) is 0 Å². The van der Waals surface area contributed by atoms with Gasteiger partial charge in [0, 0.05) is 31.2 Å². The summed E-state index contributed by atoms with van der Waals surface area (Å²) in [6.45, 7) is 1.81. The molecule has 0 aliphatic heterocycles. The third kappa shape index (κ3) is 4.77. The number of aryl methyl sites for hydroxylation is 4. The highest BCUT2D eigenvalue weighted by atomic mass is 19.1. The van der Waals surface area contributed by atoms with Gasteiger partial charge in [-0.3, -0.25) is 4.79 Å². The largest absolute Gasteiger partial charge is 0.494 e. The van der Waals surface area contributed by atoms with Crippen LogP contribution in [-0.2, 0) is 19.9 Å². The Hall–Kier alpha value is -4.01. The predicted octanol–water partition coefficient (Wildman–Crippen LogP) is 3.39. The maximum Gasteiger partial charge on any atom is 0.396 e. The van der Waals surface area contributed by atoms with Crippen LogP contribution in [0, 0.1) is 12.7 Å². The number of anilines is 2. The summed E-state index contributed by atoms with van der Waals surface area (Å²) in [6, 6.07) is 8.63. The first-order valence-electron chi connectivity index (χ1n) is 10.4. The highest BCUT2D eigenvalue weighted by Crippen LogP contribution is 2.25. The molecule has 2 N–H and O–H groups in total. The average molecular weight is 450 g/mol. The third-order valence-corrected chi connectivity index (χ3v) is 5.30. The van der Waals surface area contributed by atoms with Crippen molar-refractivity contribution in [2.24, 2.45) is 7.05 Å². The van der Waals surface area contributed by atoms with E-state index in [1.807, 2.05) is 42.9 Å². The summed E-state index contributed by atoms with van der Waals surface area (Å²) in [5.74, 6) is 0.553. The van der Waals surface area contributed by atoms with Gasteiger partial charge in [-0.05, 0) is 42.7 Å². The van der Waals surface area contributed by atoms with E-state index >= 15 is 0 Å². The number of amides is 1. The fourth-order valence-corrected chi connectivity index (χ4v) is 3.62. The second kappa shape index (κ2) is 9.23. The number of halogens is 1. The molecule has 0 spiro atoms. The summed E-state index contributed by atoms with van der Waals surface area (Å²) in [5.41, 5.74) is 4.02. The van der Waals surface area contributed by atoms with Crippen LogP contribution in [0.3, 0.4) is 0 Å². The Morgan fingerprint density at radius 3 is 2.79 bits per heavy atom. The molecule has 0 saturated carbocycles. The van der Waals surface area contributed by atoms with Gasteiger partial charge in [0.2, 0.25) is 0 Å². The number of hydrogen-bond acceptors (Lipinski definition) is 6. The molecule has 2 aromatic carbocycles. The molecule has 0 bridgehead atoms. The molecule has 4 aromatic rings. The Labute approximate surface area is 190 Å². The van der Waals surface area contributed by atoms with E-state index < -0.39 is 5.82 Å². The fraction of sp³-hybridized carbons (Fsp3) is 0.250. The van der Waals surface area contributed by atoms with Crippen molar-refractivity contribution >= 4 is 28.6 Å². The van der Waals surface area contributed by atoms with Crippen LogP contribution in [0.25, 0.3) is 11.1 Å². The monoisotopic (exact) mass is 450 g/mol. The van der Waals surface area contributed by atoms with Crippen LogP contribution in [0.2, 0.25) is 0 Å². The van der Waals surface area contributed by atoms with Gasteiger partial charge >= 0.3 is 5.95 Å². The Bertz CT molecular complexity index is 1340. The second-order valence-electron chi connectivity index (χ2n) is 7.67. The number of fused-ring (bicyclic) bond motifs is 1. The normalized spacial score (nSPS) is 10.9. The quantitative estimate of drug-likeness (QED) is 0.419. The first kappa shape index (κ1) is 22.2. The first-order chi connectivity index (χ1) is 15.9.